The molecule has 1 N–H and O–H groups in total. The van der Waals surface area contributed by atoms with Crippen molar-refractivity contribution in [2.45, 2.75) is 65.3 Å². The van der Waals surface area contributed by atoms with Gasteiger partial charge in [0.25, 0.3) is 0 Å². The fourth-order valence-electron chi connectivity index (χ4n) is 3.14. The molecule has 0 spiro atoms. The molecule has 0 saturated heterocycles. The largest absolute Gasteiger partial charge is 0.314 e. The number of aryl methyl sites for hydroxylation is 2. The van der Waals surface area contributed by atoms with Crippen molar-refractivity contribution in [1.29, 1.82) is 0 Å². The molecule has 1 aliphatic rings. The molecule has 2 rings (SSSR count). The van der Waals surface area contributed by atoms with Crippen LogP contribution in [0.3, 0.4) is 0 Å². The topological polar surface area (TPSA) is 12.0 Å². The highest BCUT2D eigenvalue weighted by molar-refractivity contribution is 5.34. The predicted molar refractivity (Wildman–Crippen MR) is 83.7 cm³/mol. The van der Waals surface area contributed by atoms with Crippen molar-refractivity contribution in [3.05, 3.63) is 34.9 Å². The van der Waals surface area contributed by atoms with E-state index in [1.54, 1.807) is 5.56 Å². The average molecular weight is 259 g/mol. The van der Waals surface area contributed by atoms with Gasteiger partial charge in [0.2, 0.25) is 0 Å². The molecule has 0 aliphatic heterocycles. The molecular weight excluding hydrogens is 230 g/mol. The summed E-state index contributed by atoms with van der Waals surface area (Å²) in [5.41, 5.74) is 4.48. The van der Waals surface area contributed by atoms with E-state index >= 15 is 0 Å². The lowest BCUT2D eigenvalue weighted by Gasteiger charge is -2.31. The summed E-state index contributed by atoms with van der Waals surface area (Å²) in [6.07, 6.45) is 8.17. The molecule has 19 heavy (non-hydrogen) atoms. The lowest BCUT2D eigenvalue weighted by atomic mass is 9.79. The predicted octanol–water partition coefficient (Wildman–Crippen LogP) is 4.40. The summed E-state index contributed by atoms with van der Waals surface area (Å²) >= 11 is 0. The number of nitrogens with one attached hydrogen (secondary N) is 1. The van der Waals surface area contributed by atoms with Gasteiger partial charge in [-0.25, -0.2) is 0 Å². The zero-order chi connectivity index (χ0) is 13.7. The van der Waals surface area contributed by atoms with E-state index in [4.69, 9.17) is 0 Å². The highest BCUT2D eigenvalue weighted by Crippen LogP contribution is 2.31. The van der Waals surface area contributed by atoms with Gasteiger partial charge < -0.3 is 5.32 Å². The lowest BCUT2D eigenvalue weighted by Crippen LogP contribution is -2.35. The Morgan fingerprint density at radius 1 is 1.21 bits per heavy atom. The van der Waals surface area contributed by atoms with Crippen LogP contribution in [-0.2, 0) is 6.42 Å². The highest BCUT2D eigenvalue weighted by atomic mass is 14.9. The van der Waals surface area contributed by atoms with Crippen LogP contribution < -0.4 is 5.32 Å². The maximum absolute atomic E-state index is 3.77. The minimum absolute atomic E-state index is 0.671. The molecule has 1 saturated carbocycles. The van der Waals surface area contributed by atoms with Crippen molar-refractivity contribution >= 4 is 0 Å². The van der Waals surface area contributed by atoms with Gasteiger partial charge in [0, 0.05) is 6.04 Å². The summed E-state index contributed by atoms with van der Waals surface area (Å²) in [4.78, 5) is 0. The molecule has 0 radical (unpaired) electrons. The van der Waals surface area contributed by atoms with E-state index < -0.39 is 0 Å². The molecule has 1 heteroatoms. The number of hydrogen-bond acceptors (Lipinski definition) is 1. The van der Waals surface area contributed by atoms with Crippen molar-refractivity contribution < 1.29 is 0 Å². The molecular formula is C18H29N. The molecule has 1 atom stereocenters. The van der Waals surface area contributed by atoms with Gasteiger partial charge in [-0.3, -0.25) is 0 Å². The van der Waals surface area contributed by atoms with Crippen molar-refractivity contribution in [2.24, 2.45) is 5.92 Å². The average Bonchev–Trinajstić information content (AvgIpc) is 2.34. The second kappa shape index (κ2) is 7.09. The summed E-state index contributed by atoms with van der Waals surface area (Å²) in [6, 6.07) is 7.35. The zero-order valence-corrected chi connectivity index (χ0v) is 12.8. The summed E-state index contributed by atoms with van der Waals surface area (Å²) in [6.45, 7) is 7.92. The van der Waals surface area contributed by atoms with Crippen LogP contribution in [0, 0.1) is 19.8 Å². The Hall–Kier alpha value is -0.820. The molecule has 0 aromatic heterocycles. The van der Waals surface area contributed by atoms with Gasteiger partial charge in [0.15, 0.2) is 0 Å². The van der Waals surface area contributed by atoms with Gasteiger partial charge in [0.1, 0.15) is 0 Å². The summed E-state index contributed by atoms with van der Waals surface area (Å²) in [5.74, 6) is 0.985. The quantitative estimate of drug-likeness (QED) is 0.765. The first kappa shape index (κ1) is 14.6. The van der Waals surface area contributed by atoms with E-state index in [1.807, 2.05) is 0 Å². The minimum atomic E-state index is 0.671. The maximum atomic E-state index is 3.77. The Balaban J connectivity index is 2.00. The molecule has 1 fully saturated rings. The van der Waals surface area contributed by atoms with Crippen LogP contribution >= 0.6 is 0 Å². The van der Waals surface area contributed by atoms with Gasteiger partial charge in [-0.1, -0.05) is 44.4 Å². The second-order valence-corrected chi connectivity index (χ2v) is 6.26. The van der Waals surface area contributed by atoms with Gasteiger partial charge >= 0.3 is 0 Å². The smallest absolute Gasteiger partial charge is 0.0110 e. The van der Waals surface area contributed by atoms with Crippen molar-refractivity contribution in [3.8, 4) is 0 Å². The monoisotopic (exact) mass is 259 g/mol. The molecule has 0 heterocycles. The van der Waals surface area contributed by atoms with E-state index in [0.717, 1.165) is 12.5 Å². The number of rotatable bonds is 7. The van der Waals surface area contributed by atoms with E-state index in [2.05, 4.69) is 44.3 Å². The number of hydrogen-bond donors (Lipinski definition) is 1. The molecule has 0 bridgehead atoms. The van der Waals surface area contributed by atoms with Crippen LogP contribution in [0.1, 0.15) is 55.7 Å². The molecule has 1 nitrogen and oxygen atoms in total. The Bertz CT molecular complexity index is 372. The van der Waals surface area contributed by atoms with Crippen LogP contribution in [0.2, 0.25) is 0 Å². The minimum Gasteiger partial charge on any atom is -0.314 e. The van der Waals surface area contributed by atoms with Crippen molar-refractivity contribution in [3.63, 3.8) is 0 Å². The Morgan fingerprint density at radius 3 is 2.42 bits per heavy atom. The Kier molecular flexibility index (Phi) is 5.45. The molecule has 1 aliphatic carbocycles. The summed E-state index contributed by atoms with van der Waals surface area (Å²) < 4.78 is 0. The van der Waals surface area contributed by atoms with E-state index in [0.29, 0.717) is 6.04 Å². The van der Waals surface area contributed by atoms with Crippen molar-refractivity contribution in [1.82, 2.24) is 5.32 Å². The first-order chi connectivity index (χ1) is 9.20. The SMILES string of the molecule is CCCNC(Cc1c(C)cccc1C)CC1CCC1. The summed E-state index contributed by atoms with van der Waals surface area (Å²) in [5, 5.41) is 3.77. The molecule has 1 aromatic carbocycles. The molecule has 0 amide bonds. The molecule has 1 unspecified atom stereocenters. The normalized spacial score (nSPS) is 17.2. The first-order valence-electron chi connectivity index (χ1n) is 7.99. The van der Waals surface area contributed by atoms with Crippen LogP contribution in [0.4, 0.5) is 0 Å². The second-order valence-electron chi connectivity index (χ2n) is 6.26. The highest BCUT2D eigenvalue weighted by Gasteiger charge is 2.22. The third kappa shape index (κ3) is 4.07. The van der Waals surface area contributed by atoms with Crippen LogP contribution in [-0.4, -0.2) is 12.6 Å². The fourth-order valence-corrected chi connectivity index (χ4v) is 3.14. The van der Waals surface area contributed by atoms with Crippen molar-refractivity contribution in [2.75, 3.05) is 6.54 Å². The van der Waals surface area contributed by atoms with E-state index in [9.17, 15) is 0 Å². The number of benzene rings is 1. The Morgan fingerprint density at radius 2 is 1.89 bits per heavy atom. The van der Waals surface area contributed by atoms with Crippen LogP contribution in [0.25, 0.3) is 0 Å². The molecule has 1 aromatic rings. The van der Waals surface area contributed by atoms with Crippen LogP contribution in [0.15, 0.2) is 18.2 Å². The van der Waals surface area contributed by atoms with E-state index in [-0.39, 0.29) is 0 Å². The van der Waals surface area contributed by atoms with Crippen LogP contribution in [0.5, 0.6) is 0 Å². The third-order valence-electron chi connectivity index (χ3n) is 4.62. The molecule has 106 valence electrons. The standard InChI is InChI=1S/C18H29N/c1-4-11-19-17(12-16-9-6-10-16)13-18-14(2)7-5-8-15(18)3/h5,7-8,16-17,19H,4,6,9-13H2,1-3H3. The third-order valence-corrected chi connectivity index (χ3v) is 4.62. The maximum Gasteiger partial charge on any atom is 0.0110 e. The van der Waals surface area contributed by atoms with Gasteiger partial charge in [-0.15, -0.1) is 0 Å². The van der Waals surface area contributed by atoms with Gasteiger partial charge in [0.05, 0.1) is 0 Å². The lowest BCUT2D eigenvalue weighted by molar-refractivity contribution is 0.258. The Labute approximate surface area is 118 Å². The first-order valence-corrected chi connectivity index (χ1v) is 7.99. The summed E-state index contributed by atoms with van der Waals surface area (Å²) in [7, 11) is 0. The van der Waals surface area contributed by atoms with E-state index in [1.165, 1.54) is 49.7 Å². The van der Waals surface area contributed by atoms with Gasteiger partial charge in [-0.2, -0.15) is 0 Å². The fraction of sp³-hybridized carbons (Fsp3) is 0.667. The van der Waals surface area contributed by atoms with Gasteiger partial charge in [-0.05, 0) is 62.3 Å². The zero-order valence-electron chi connectivity index (χ0n) is 12.8.